The zero-order chi connectivity index (χ0) is 15.6. The van der Waals surface area contributed by atoms with Crippen molar-refractivity contribution < 1.29 is 4.74 Å². The van der Waals surface area contributed by atoms with E-state index in [2.05, 4.69) is 63.1 Å². The first-order valence-electron chi connectivity index (χ1n) is 7.08. The average molecular weight is 305 g/mol. The van der Waals surface area contributed by atoms with Crippen LogP contribution in [0.1, 0.15) is 42.5 Å². The third-order valence-corrected chi connectivity index (χ3v) is 3.98. The minimum absolute atomic E-state index is 0.0664. The zero-order valence-corrected chi connectivity index (χ0v) is 14.4. The van der Waals surface area contributed by atoms with Crippen LogP contribution in [0, 0.1) is 20.8 Å². The Balaban J connectivity index is 2.09. The lowest BCUT2D eigenvalue weighted by atomic mass is 10.1. The summed E-state index contributed by atoms with van der Waals surface area (Å²) in [4.78, 5) is 0. The number of rotatable bonds is 4. The first-order valence-corrected chi connectivity index (χ1v) is 7.89. The molecule has 0 spiro atoms. The Morgan fingerprint density at radius 2 is 1.86 bits per heavy atom. The van der Waals surface area contributed by atoms with E-state index in [1.165, 1.54) is 22.5 Å². The van der Waals surface area contributed by atoms with Crippen molar-refractivity contribution >= 4 is 11.3 Å². The molecule has 5 heteroatoms. The summed E-state index contributed by atoms with van der Waals surface area (Å²) in [7, 11) is 0. The van der Waals surface area contributed by atoms with Crippen LogP contribution < -0.4 is 10.1 Å². The molecule has 2 aromatic rings. The van der Waals surface area contributed by atoms with Gasteiger partial charge in [-0.1, -0.05) is 22.5 Å². The third kappa shape index (κ3) is 4.51. The van der Waals surface area contributed by atoms with Crippen LogP contribution in [0.4, 0.5) is 0 Å². The molecule has 0 aliphatic carbocycles. The highest BCUT2D eigenvalue weighted by molar-refractivity contribution is 7.13. The summed E-state index contributed by atoms with van der Waals surface area (Å²) in [5.74, 6) is 0.860. The van der Waals surface area contributed by atoms with Gasteiger partial charge in [-0.05, 0) is 64.3 Å². The highest BCUT2D eigenvalue weighted by Crippen LogP contribution is 2.30. The van der Waals surface area contributed by atoms with Crippen LogP contribution in [0.5, 0.6) is 10.9 Å². The van der Waals surface area contributed by atoms with E-state index in [-0.39, 0.29) is 5.54 Å². The number of nitrogens with zero attached hydrogens (tertiary/aromatic N) is 2. The van der Waals surface area contributed by atoms with Crippen LogP contribution in [-0.4, -0.2) is 15.7 Å². The summed E-state index contributed by atoms with van der Waals surface area (Å²) in [5.41, 5.74) is 3.62. The first kappa shape index (κ1) is 15.9. The molecular formula is C16H23N3OS. The lowest BCUT2D eigenvalue weighted by Crippen LogP contribution is -2.35. The van der Waals surface area contributed by atoms with Crippen LogP contribution in [0.25, 0.3) is 0 Å². The molecule has 0 saturated carbocycles. The largest absolute Gasteiger partial charge is 0.430 e. The maximum Gasteiger partial charge on any atom is 0.299 e. The van der Waals surface area contributed by atoms with Crippen molar-refractivity contribution in [2.75, 3.05) is 0 Å². The quantitative estimate of drug-likeness (QED) is 0.922. The molecule has 0 atom stereocenters. The SMILES string of the molecule is Cc1cc(C)c(C)c(Oc2nnc(CNC(C)(C)C)s2)c1. The van der Waals surface area contributed by atoms with E-state index in [9.17, 15) is 0 Å². The second kappa shape index (κ2) is 6.12. The minimum atomic E-state index is 0.0664. The molecule has 0 aliphatic heterocycles. The van der Waals surface area contributed by atoms with Gasteiger partial charge in [-0.3, -0.25) is 0 Å². The van der Waals surface area contributed by atoms with E-state index in [1.807, 2.05) is 6.07 Å². The normalized spacial score (nSPS) is 11.7. The third-order valence-electron chi connectivity index (χ3n) is 3.18. The van der Waals surface area contributed by atoms with E-state index < -0.39 is 0 Å². The van der Waals surface area contributed by atoms with Crippen molar-refractivity contribution in [1.82, 2.24) is 15.5 Å². The van der Waals surface area contributed by atoms with Crippen molar-refractivity contribution in [3.63, 3.8) is 0 Å². The van der Waals surface area contributed by atoms with E-state index in [0.717, 1.165) is 16.3 Å². The van der Waals surface area contributed by atoms with Crippen LogP contribution in [-0.2, 0) is 6.54 Å². The molecule has 114 valence electrons. The van der Waals surface area contributed by atoms with Gasteiger partial charge in [-0.2, -0.15) is 0 Å². The maximum absolute atomic E-state index is 5.90. The number of nitrogens with one attached hydrogen (secondary N) is 1. The zero-order valence-electron chi connectivity index (χ0n) is 13.6. The molecule has 21 heavy (non-hydrogen) atoms. The van der Waals surface area contributed by atoms with Gasteiger partial charge in [-0.15, -0.1) is 5.10 Å². The Hall–Kier alpha value is -1.46. The molecule has 4 nitrogen and oxygen atoms in total. The van der Waals surface area contributed by atoms with Gasteiger partial charge in [-0.25, -0.2) is 0 Å². The fourth-order valence-corrected chi connectivity index (χ4v) is 2.53. The number of hydrogen-bond donors (Lipinski definition) is 1. The Morgan fingerprint density at radius 1 is 1.14 bits per heavy atom. The topological polar surface area (TPSA) is 47.0 Å². The molecule has 0 aliphatic rings. The lowest BCUT2D eigenvalue weighted by Gasteiger charge is -2.19. The Kier molecular flexibility index (Phi) is 4.64. The predicted molar refractivity (Wildman–Crippen MR) is 87.2 cm³/mol. The number of hydrogen-bond acceptors (Lipinski definition) is 5. The highest BCUT2D eigenvalue weighted by atomic mass is 32.1. The second-order valence-electron chi connectivity index (χ2n) is 6.37. The predicted octanol–water partition coefficient (Wildman–Crippen LogP) is 4.14. The summed E-state index contributed by atoms with van der Waals surface area (Å²) in [5, 5.41) is 13.2. The maximum atomic E-state index is 5.90. The van der Waals surface area contributed by atoms with Gasteiger partial charge >= 0.3 is 0 Å². The van der Waals surface area contributed by atoms with E-state index in [4.69, 9.17) is 4.74 Å². The van der Waals surface area contributed by atoms with Gasteiger partial charge in [0, 0.05) is 5.54 Å². The summed E-state index contributed by atoms with van der Waals surface area (Å²) >= 11 is 1.48. The van der Waals surface area contributed by atoms with Crippen LogP contribution in [0.3, 0.4) is 0 Å². The lowest BCUT2D eigenvalue weighted by molar-refractivity contribution is 0.423. The number of benzene rings is 1. The van der Waals surface area contributed by atoms with Gasteiger partial charge in [0.15, 0.2) is 0 Å². The molecule has 1 N–H and O–H groups in total. The Morgan fingerprint density at radius 3 is 2.52 bits per heavy atom. The first-order chi connectivity index (χ1) is 9.74. The molecule has 0 radical (unpaired) electrons. The number of ether oxygens (including phenoxy) is 1. The van der Waals surface area contributed by atoms with Crippen LogP contribution in [0.15, 0.2) is 12.1 Å². The Labute approximate surface area is 130 Å². The second-order valence-corrected chi connectivity index (χ2v) is 7.40. The summed E-state index contributed by atoms with van der Waals surface area (Å²) in [6, 6.07) is 4.19. The molecule has 2 rings (SSSR count). The van der Waals surface area contributed by atoms with E-state index >= 15 is 0 Å². The van der Waals surface area contributed by atoms with E-state index in [0.29, 0.717) is 11.7 Å². The van der Waals surface area contributed by atoms with Gasteiger partial charge in [0.1, 0.15) is 10.8 Å². The summed E-state index contributed by atoms with van der Waals surface area (Å²) in [6.45, 7) is 13.3. The molecule has 1 aromatic carbocycles. The average Bonchev–Trinajstić information content (AvgIpc) is 2.80. The molecular weight excluding hydrogens is 282 g/mol. The summed E-state index contributed by atoms with van der Waals surface area (Å²) in [6.07, 6.45) is 0. The fraction of sp³-hybridized carbons (Fsp3) is 0.500. The molecule has 0 fully saturated rings. The fourth-order valence-electron chi connectivity index (χ4n) is 1.89. The minimum Gasteiger partial charge on any atom is -0.430 e. The van der Waals surface area contributed by atoms with Gasteiger partial charge in [0.05, 0.1) is 6.54 Å². The van der Waals surface area contributed by atoms with Gasteiger partial charge in [0.2, 0.25) is 0 Å². The smallest absolute Gasteiger partial charge is 0.299 e. The van der Waals surface area contributed by atoms with Crippen molar-refractivity contribution in [3.05, 3.63) is 33.8 Å². The van der Waals surface area contributed by atoms with Crippen molar-refractivity contribution in [2.45, 2.75) is 53.6 Å². The van der Waals surface area contributed by atoms with Gasteiger partial charge in [0.25, 0.3) is 5.19 Å². The van der Waals surface area contributed by atoms with Crippen LogP contribution >= 0.6 is 11.3 Å². The number of aromatic nitrogens is 2. The molecule has 1 aromatic heterocycles. The standard InChI is InChI=1S/C16H23N3OS/c1-10-7-11(2)12(3)13(8-10)20-15-19-18-14(21-15)9-17-16(4,5)6/h7-8,17H,9H2,1-6H3. The molecule has 0 saturated heterocycles. The van der Waals surface area contributed by atoms with Crippen LogP contribution in [0.2, 0.25) is 0 Å². The molecule has 0 bridgehead atoms. The Bertz CT molecular complexity index is 629. The summed E-state index contributed by atoms with van der Waals surface area (Å²) < 4.78 is 5.90. The van der Waals surface area contributed by atoms with Gasteiger partial charge < -0.3 is 10.1 Å². The molecule has 0 unspecified atom stereocenters. The van der Waals surface area contributed by atoms with Crippen molar-refractivity contribution in [1.29, 1.82) is 0 Å². The van der Waals surface area contributed by atoms with Crippen molar-refractivity contribution in [3.8, 4) is 10.9 Å². The monoisotopic (exact) mass is 305 g/mol. The van der Waals surface area contributed by atoms with E-state index in [1.54, 1.807) is 0 Å². The highest BCUT2D eigenvalue weighted by Gasteiger charge is 2.13. The molecule has 0 amide bonds. The number of aryl methyl sites for hydroxylation is 2. The molecule has 1 heterocycles. The van der Waals surface area contributed by atoms with Crippen molar-refractivity contribution in [2.24, 2.45) is 0 Å².